The van der Waals surface area contributed by atoms with Crippen LogP contribution in [0.25, 0.3) is 5.69 Å². The topological polar surface area (TPSA) is 21.1 Å². The van der Waals surface area contributed by atoms with Crippen LogP contribution in [0.1, 0.15) is 26.9 Å². The van der Waals surface area contributed by atoms with Gasteiger partial charge in [0, 0.05) is 34.6 Å². The van der Waals surface area contributed by atoms with E-state index in [1.807, 2.05) is 51.8 Å². The van der Waals surface area contributed by atoms with Gasteiger partial charge in [0.05, 0.1) is 17.9 Å². The van der Waals surface area contributed by atoms with Crippen LogP contribution >= 0.6 is 22.7 Å². The highest BCUT2D eigenvalue weighted by Gasteiger charge is 2.30. The smallest absolute Gasteiger partial charge is 0.0709 e. The van der Waals surface area contributed by atoms with E-state index in [0.717, 1.165) is 25.2 Å². The van der Waals surface area contributed by atoms with Gasteiger partial charge >= 0.3 is 0 Å². The molecular formula is C21H19N3S2. The third kappa shape index (κ3) is 2.92. The molecule has 130 valence electrons. The summed E-state index contributed by atoms with van der Waals surface area (Å²) in [5.74, 6) is 0. The fraction of sp³-hybridized carbons (Fsp3) is 0.190. The molecule has 5 heteroatoms. The summed E-state index contributed by atoms with van der Waals surface area (Å²) in [6, 6.07) is 17.4. The van der Waals surface area contributed by atoms with Crippen molar-refractivity contribution in [2.75, 3.05) is 6.54 Å². The molecule has 0 aliphatic carbocycles. The van der Waals surface area contributed by atoms with Gasteiger partial charge in [-0.15, -0.1) is 22.7 Å². The van der Waals surface area contributed by atoms with Gasteiger partial charge in [0.15, 0.2) is 0 Å². The molecule has 4 heterocycles. The summed E-state index contributed by atoms with van der Waals surface area (Å²) in [5.41, 5.74) is 3.85. The number of aromatic nitrogens is 2. The molecular weight excluding hydrogens is 358 g/mol. The molecule has 0 fully saturated rings. The highest BCUT2D eigenvalue weighted by molar-refractivity contribution is 7.10. The minimum Gasteiger partial charge on any atom is -0.287 e. The molecule has 0 amide bonds. The third-order valence-corrected chi connectivity index (χ3v) is 6.84. The quantitative estimate of drug-likeness (QED) is 0.491. The lowest BCUT2D eigenvalue weighted by atomic mass is 9.98. The normalized spacial score (nSPS) is 17.3. The summed E-state index contributed by atoms with van der Waals surface area (Å²) >= 11 is 3.75. The predicted molar refractivity (Wildman–Crippen MR) is 108 cm³/mol. The van der Waals surface area contributed by atoms with Crippen LogP contribution in [0.3, 0.4) is 0 Å². The summed E-state index contributed by atoms with van der Waals surface area (Å²) in [7, 11) is 0. The standard InChI is InChI=1S/C21H19N3S2/c1-2-5-17(6-3-1)24-15-16(13-22-24)14-23-10-8-19-18(9-12-26-19)21(23)20-7-4-11-25-20/h1-7,9,11-13,15,21H,8,10,14H2. The maximum absolute atomic E-state index is 4.57. The van der Waals surface area contributed by atoms with Gasteiger partial charge in [-0.25, -0.2) is 4.68 Å². The van der Waals surface area contributed by atoms with Gasteiger partial charge in [0.2, 0.25) is 0 Å². The lowest BCUT2D eigenvalue weighted by molar-refractivity contribution is 0.209. The van der Waals surface area contributed by atoms with E-state index in [1.54, 1.807) is 4.88 Å². The van der Waals surface area contributed by atoms with Gasteiger partial charge in [-0.1, -0.05) is 24.3 Å². The van der Waals surface area contributed by atoms with Crippen molar-refractivity contribution >= 4 is 22.7 Å². The second-order valence-electron chi connectivity index (χ2n) is 6.57. The molecule has 1 aromatic carbocycles. The first-order valence-corrected chi connectivity index (χ1v) is 10.6. The largest absolute Gasteiger partial charge is 0.287 e. The van der Waals surface area contributed by atoms with E-state index in [1.165, 1.54) is 16.0 Å². The average molecular weight is 378 g/mol. The van der Waals surface area contributed by atoms with E-state index in [0.29, 0.717) is 6.04 Å². The van der Waals surface area contributed by atoms with Gasteiger partial charge in [-0.2, -0.15) is 5.10 Å². The Bertz CT molecular complexity index is 985. The summed E-state index contributed by atoms with van der Waals surface area (Å²) in [4.78, 5) is 5.56. The Balaban J connectivity index is 1.44. The fourth-order valence-corrected chi connectivity index (χ4v) is 5.50. The second-order valence-corrected chi connectivity index (χ2v) is 8.55. The molecule has 1 unspecified atom stereocenters. The first-order chi connectivity index (χ1) is 12.9. The number of hydrogen-bond acceptors (Lipinski definition) is 4. The first-order valence-electron chi connectivity index (χ1n) is 8.81. The van der Waals surface area contributed by atoms with Crippen LogP contribution in [0.4, 0.5) is 0 Å². The molecule has 0 bridgehead atoms. The highest BCUT2D eigenvalue weighted by atomic mass is 32.1. The number of benzene rings is 1. The number of fused-ring (bicyclic) bond motifs is 1. The monoisotopic (exact) mass is 377 g/mol. The number of hydrogen-bond donors (Lipinski definition) is 0. The average Bonchev–Trinajstić information content (AvgIpc) is 3.44. The minimum absolute atomic E-state index is 0.366. The molecule has 0 saturated carbocycles. The van der Waals surface area contributed by atoms with Crippen molar-refractivity contribution < 1.29 is 0 Å². The maximum atomic E-state index is 4.57. The number of thiophene rings is 2. The molecule has 4 aromatic rings. The van der Waals surface area contributed by atoms with E-state index in [4.69, 9.17) is 0 Å². The van der Waals surface area contributed by atoms with Crippen LogP contribution in [0.15, 0.2) is 71.7 Å². The van der Waals surface area contributed by atoms with Crippen molar-refractivity contribution in [3.05, 3.63) is 92.6 Å². The summed E-state index contributed by atoms with van der Waals surface area (Å²) in [6.45, 7) is 2.01. The van der Waals surface area contributed by atoms with Crippen LogP contribution in [0.5, 0.6) is 0 Å². The molecule has 3 aromatic heterocycles. The molecule has 3 nitrogen and oxygen atoms in total. The van der Waals surface area contributed by atoms with Crippen LogP contribution in [0, 0.1) is 0 Å². The van der Waals surface area contributed by atoms with Gasteiger partial charge in [-0.05, 0) is 47.0 Å². The van der Waals surface area contributed by atoms with Crippen molar-refractivity contribution in [1.82, 2.24) is 14.7 Å². The Labute approximate surface area is 161 Å². The van der Waals surface area contributed by atoms with E-state index in [9.17, 15) is 0 Å². The molecule has 0 radical (unpaired) electrons. The SMILES string of the molecule is c1ccc(-n2cc(CN3CCc4sccc4C3c3cccs3)cn2)cc1. The van der Waals surface area contributed by atoms with Crippen LogP contribution in [0.2, 0.25) is 0 Å². The number of rotatable bonds is 4. The fourth-order valence-electron chi connectivity index (χ4n) is 3.72. The van der Waals surface area contributed by atoms with Crippen molar-refractivity contribution in [2.45, 2.75) is 19.0 Å². The molecule has 0 spiro atoms. The summed E-state index contributed by atoms with van der Waals surface area (Å²) < 4.78 is 1.97. The molecule has 1 atom stereocenters. The van der Waals surface area contributed by atoms with Gasteiger partial charge in [0.25, 0.3) is 0 Å². The minimum atomic E-state index is 0.366. The Morgan fingerprint density at radius 2 is 1.92 bits per heavy atom. The molecule has 1 aliphatic heterocycles. The zero-order valence-corrected chi connectivity index (χ0v) is 15.9. The predicted octanol–water partition coefficient (Wildman–Crippen LogP) is 5.14. The Hall–Kier alpha value is -2.21. The summed E-state index contributed by atoms with van der Waals surface area (Å²) in [5, 5.41) is 8.99. The van der Waals surface area contributed by atoms with E-state index >= 15 is 0 Å². The number of nitrogens with zero attached hydrogens (tertiary/aromatic N) is 3. The van der Waals surface area contributed by atoms with Gasteiger partial charge < -0.3 is 0 Å². The van der Waals surface area contributed by atoms with E-state index in [-0.39, 0.29) is 0 Å². The van der Waals surface area contributed by atoms with Crippen molar-refractivity contribution in [3.8, 4) is 5.69 Å². The van der Waals surface area contributed by atoms with Crippen molar-refractivity contribution in [2.24, 2.45) is 0 Å². The molecule has 5 rings (SSSR count). The molecule has 1 aliphatic rings. The van der Waals surface area contributed by atoms with E-state index in [2.05, 4.69) is 57.3 Å². The second kappa shape index (κ2) is 6.83. The molecule has 0 saturated heterocycles. The maximum Gasteiger partial charge on any atom is 0.0709 e. The molecule has 26 heavy (non-hydrogen) atoms. The lowest BCUT2D eigenvalue weighted by Crippen LogP contribution is -2.34. The Morgan fingerprint density at radius 1 is 1.00 bits per heavy atom. The van der Waals surface area contributed by atoms with Crippen LogP contribution in [-0.4, -0.2) is 21.2 Å². The van der Waals surface area contributed by atoms with Crippen LogP contribution < -0.4 is 0 Å². The lowest BCUT2D eigenvalue weighted by Gasteiger charge is -2.35. The van der Waals surface area contributed by atoms with E-state index < -0.39 is 0 Å². The first kappa shape index (κ1) is 16.0. The number of para-hydroxylation sites is 1. The van der Waals surface area contributed by atoms with Crippen molar-refractivity contribution in [3.63, 3.8) is 0 Å². The summed E-state index contributed by atoms with van der Waals surface area (Å²) in [6.07, 6.45) is 5.30. The van der Waals surface area contributed by atoms with Gasteiger partial charge in [0.1, 0.15) is 0 Å². The van der Waals surface area contributed by atoms with Gasteiger partial charge in [-0.3, -0.25) is 4.90 Å². The zero-order valence-electron chi connectivity index (χ0n) is 14.3. The highest BCUT2D eigenvalue weighted by Crippen LogP contribution is 2.40. The molecule has 0 N–H and O–H groups in total. The Morgan fingerprint density at radius 3 is 2.77 bits per heavy atom. The third-order valence-electron chi connectivity index (χ3n) is 4.92. The van der Waals surface area contributed by atoms with Crippen LogP contribution in [-0.2, 0) is 13.0 Å². The Kier molecular flexibility index (Phi) is 4.21. The zero-order chi connectivity index (χ0) is 17.3. The van der Waals surface area contributed by atoms with Crippen molar-refractivity contribution in [1.29, 1.82) is 0 Å².